The third kappa shape index (κ3) is 2.72. The van der Waals surface area contributed by atoms with E-state index in [1.54, 1.807) is 24.0 Å². The summed E-state index contributed by atoms with van der Waals surface area (Å²) >= 11 is 1.71. The van der Waals surface area contributed by atoms with Crippen LogP contribution in [0, 0.1) is 10.1 Å². The molecule has 4 rings (SSSR count). The van der Waals surface area contributed by atoms with Crippen molar-refractivity contribution in [2.75, 3.05) is 6.54 Å². The van der Waals surface area contributed by atoms with E-state index in [0.29, 0.717) is 5.25 Å². The quantitative estimate of drug-likeness (QED) is 0.670. The van der Waals surface area contributed by atoms with Gasteiger partial charge in [0.2, 0.25) is 0 Å². The zero-order chi connectivity index (χ0) is 17.6. The van der Waals surface area contributed by atoms with E-state index >= 15 is 0 Å². The van der Waals surface area contributed by atoms with Crippen LogP contribution in [0.25, 0.3) is 0 Å². The average molecular weight is 356 g/mol. The second-order valence-corrected chi connectivity index (χ2v) is 7.55. The Morgan fingerprint density at radius 1 is 1.36 bits per heavy atom. The summed E-state index contributed by atoms with van der Waals surface area (Å²) in [4.78, 5) is 22.1. The first-order valence-electron chi connectivity index (χ1n) is 7.94. The van der Waals surface area contributed by atoms with Crippen LogP contribution in [0.5, 0.6) is 5.75 Å². The van der Waals surface area contributed by atoms with Crippen molar-refractivity contribution in [3.8, 4) is 5.75 Å². The fraction of sp³-hybridized carbons (Fsp3) is 0.294. The topological polar surface area (TPSA) is 91.9 Å². The summed E-state index contributed by atoms with van der Waals surface area (Å²) in [5, 5.41) is 22.3. The number of thioether (sulfide) groups is 1. The highest BCUT2D eigenvalue weighted by molar-refractivity contribution is 8.14. The fourth-order valence-corrected chi connectivity index (χ4v) is 4.44. The third-order valence-electron chi connectivity index (χ3n) is 4.42. The summed E-state index contributed by atoms with van der Waals surface area (Å²) in [5.41, 5.74) is 1.30. The molecule has 0 unspecified atom stereocenters. The molecular weight excluding hydrogens is 340 g/mol. The molecule has 128 valence electrons. The summed E-state index contributed by atoms with van der Waals surface area (Å²) < 4.78 is 0. The van der Waals surface area contributed by atoms with Crippen LogP contribution in [0.2, 0.25) is 0 Å². The van der Waals surface area contributed by atoms with Gasteiger partial charge < -0.3 is 10.0 Å². The molecule has 0 saturated carbocycles. The van der Waals surface area contributed by atoms with Crippen molar-refractivity contribution in [1.29, 1.82) is 0 Å². The van der Waals surface area contributed by atoms with Crippen LogP contribution >= 0.6 is 11.8 Å². The Morgan fingerprint density at radius 2 is 2.20 bits per heavy atom. The molecule has 1 saturated heterocycles. The van der Waals surface area contributed by atoms with Gasteiger partial charge in [0.25, 0.3) is 0 Å². The van der Waals surface area contributed by atoms with Crippen LogP contribution in [0.1, 0.15) is 30.3 Å². The smallest absolute Gasteiger partial charge is 0.311 e. The number of nitro benzene ring substituents is 1. The minimum atomic E-state index is -0.563. The number of aromatic hydroxyl groups is 1. The number of phenolic OH excluding ortho intramolecular Hbond substituents is 1. The van der Waals surface area contributed by atoms with E-state index < -0.39 is 4.92 Å². The molecule has 7 nitrogen and oxygen atoms in total. The van der Waals surface area contributed by atoms with E-state index in [2.05, 4.69) is 16.8 Å². The van der Waals surface area contributed by atoms with Gasteiger partial charge in [-0.2, -0.15) is 0 Å². The number of amidine groups is 1. The fourth-order valence-electron chi connectivity index (χ4n) is 3.35. The lowest BCUT2D eigenvalue weighted by molar-refractivity contribution is -0.386. The minimum absolute atomic E-state index is 0.165. The Hall–Kier alpha value is -2.61. The number of hydrogen-bond donors (Lipinski definition) is 1. The molecule has 0 spiro atoms. The van der Waals surface area contributed by atoms with Crippen LogP contribution < -0.4 is 0 Å². The lowest BCUT2D eigenvalue weighted by Gasteiger charge is -2.27. The van der Waals surface area contributed by atoms with E-state index in [1.165, 1.54) is 12.1 Å². The molecule has 2 aliphatic heterocycles. The number of hydrogen-bond acceptors (Lipinski definition) is 7. The maximum absolute atomic E-state index is 11.2. The lowest BCUT2D eigenvalue weighted by atomic mass is 9.96. The van der Waals surface area contributed by atoms with Crippen LogP contribution in [0.3, 0.4) is 0 Å². The molecule has 2 aliphatic rings. The minimum Gasteiger partial charge on any atom is -0.502 e. The molecule has 3 heterocycles. The lowest BCUT2D eigenvalue weighted by Crippen LogP contribution is -2.28. The summed E-state index contributed by atoms with van der Waals surface area (Å²) in [6, 6.07) is 9.86. The molecule has 8 heteroatoms. The van der Waals surface area contributed by atoms with Crippen molar-refractivity contribution in [1.82, 2.24) is 9.88 Å². The number of fused-ring (bicyclic) bond motifs is 1. The molecule has 2 aromatic rings. The number of nitrogens with zero attached hydrogens (tertiary/aromatic N) is 4. The highest BCUT2D eigenvalue weighted by Gasteiger charge is 2.44. The van der Waals surface area contributed by atoms with E-state index in [4.69, 9.17) is 4.99 Å². The normalized spacial score (nSPS) is 24.9. The summed E-state index contributed by atoms with van der Waals surface area (Å²) in [5.74, 6) is -0.327. The van der Waals surface area contributed by atoms with Gasteiger partial charge in [-0.1, -0.05) is 30.8 Å². The number of pyridine rings is 1. The average Bonchev–Trinajstić information content (AvgIpc) is 3.12. The summed E-state index contributed by atoms with van der Waals surface area (Å²) in [6.07, 6.45) is 1.73. The molecule has 0 aliphatic carbocycles. The second-order valence-electron chi connectivity index (χ2n) is 6.14. The molecule has 0 radical (unpaired) electrons. The number of rotatable bonds is 3. The Balaban J connectivity index is 1.80. The van der Waals surface area contributed by atoms with Gasteiger partial charge in [0.15, 0.2) is 10.9 Å². The maximum Gasteiger partial charge on any atom is 0.311 e. The van der Waals surface area contributed by atoms with Gasteiger partial charge in [0.1, 0.15) is 6.04 Å². The Morgan fingerprint density at radius 3 is 2.92 bits per heavy atom. The molecule has 0 amide bonds. The van der Waals surface area contributed by atoms with Crippen LogP contribution in [-0.4, -0.2) is 36.9 Å². The summed E-state index contributed by atoms with van der Waals surface area (Å²) in [6.45, 7) is 2.96. The SMILES string of the molecule is C[C@@H]1CN2C(=N[C@@H](c3ccccn3)[C@@H]2c2ccc(O)c([N+](=O)[O-])c2)S1. The van der Waals surface area contributed by atoms with E-state index in [1.807, 2.05) is 18.2 Å². The van der Waals surface area contributed by atoms with E-state index in [9.17, 15) is 15.2 Å². The molecular formula is C17H16N4O3S. The van der Waals surface area contributed by atoms with Gasteiger partial charge in [0, 0.05) is 24.1 Å². The second kappa shape index (κ2) is 6.03. The first-order chi connectivity index (χ1) is 12.0. The Kier molecular flexibility index (Phi) is 3.84. The molecule has 1 fully saturated rings. The third-order valence-corrected chi connectivity index (χ3v) is 5.52. The summed E-state index contributed by atoms with van der Waals surface area (Å²) in [7, 11) is 0. The Labute approximate surface area is 148 Å². The van der Waals surface area contributed by atoms with Crippen molar-refractivity contribution in [2.45, 2.75) is 24.3 Å². The van der Waals surface area contributed by atoms with Gasteiger partial charge in [-0.25, -0.2) is 0 Å². The van der Waals surface area contributed by atoms with Gasteiger partial charge in [-0.3, -0.25) is 20.1 Å². The van der Waals surface area contributed by atoms with Crippen molar-refractivity contribution >= 4 is 22.6 Å². The molecule has 25 heavy (non-hydrogen) atoms. The number of aromatic nitrogens is 1. The van der Waals surface area contributed by atoms with Crippen LogP contribution in [0.4, 0.5) is 5.69 Å². The number of aliphatic imine (C=N–C) groups is 1. The maximum atomic E-state index is 11.2. The molecule has 1 aromatic heterocycles. The molecule has 1 aromatic carbocycles. The highest BCUT2D eigenvalue weighted by atomic mass is 32.2. The van der Waals surface area contributed by atoms with Crippen molar-refractivity contribution in [3.05, 3.63) is 64.0 Å². The van der Waals surface area contributed by atoms with Crippen molar-refractivity contribution < 1.29 is 10.0 Å². The van der Waals surface area contributed by atoms with Gasteiger partial charge in [0.05, 0.1) is 16.7 Å². The van der Waals surface area contributed by atoms with Crippen molar-refractivity contribution in [3.63, 3.8) is 0 Å². The van der Waals surface area contributed by atoms with Gasteiger partial charge >= 0.3 is 5.69 Å². The zero-order valence-corrected chi connectivity index (χ0v) is 14.3. The first kappa shape index (κ1) is 15.9. The molecule has 3 atom stereocenters. The predicted octanol–water partition coefficient (Wildman–Crippen LogP) is 3.28. The largest absolute Gasteiger partial charge is 0.502 e. The van der Waals surface area contributed by atoms with Crippen molar-refractivity contribution in [2.24, 2.45) is 4.99 Å². The van der Waals surface area contributed by atoms with E-state index in [-0.39, 0.29) is 23.5 Å². The van der Waals surface area contributed by atoms with Crippen LogP contribution in [0.15, 0.2) is 47.6 Å². The first-order valence-corrected chi connectivity index (χ1v) is 8.82. The van der Waals surface area contributed by atoms with Gasteiger partial charge in [-0.15, -0.1) is 0 Å². The Bertz CT molecular complexity index is 858. The van der Waals surface area contributed by atoms with Gasteiger partial charge in [-0.05, 0) is 23.8 Å². The molecule has 0 bridgehead atoms. The molecule has 1 N–H and O–H groups in total. The number of phenols is 1. The van der Waals surface area contributed by atoms with Crippen LogP contribution in [-0.2, 0) is 0 Å². The zero-order valence-electron chi connectivity index (χ0n) is 13.4. The number of nitro groups is 1. The predicted molar refractivity (Wildman–Crippen MR) is 95.7 cm³/mol. The standard InChI is InChI=1S/C17H16N4O3S/c1-10-9-20-16(11-5-6-14(22)13(8-11)21(23)24)15(19-17(20)25-10)12-4-2-3-7-18-12/h2-8,10,15-16,22H,9H2,1H3/t10-,15+,16+/m1/s1. The number of benzene rings is 1. The van der Waals surface area contributed by atoms with E-state index in [0.717, 1.165) is 23.0 Å². The highest BCUT2D eigenvalue weighted by Crippen LogP contribution is 2.48. The monoisotopic (exact) mass is 356 g/mol.